The third-order valence-corrected chi connectivity index (χ3v) is 2.56. The van der Waals surface area contributed by atoms with Crippen LogP contribution in [-0.4, -0.2) is 15.1 Å². The van der Waals surface area contributed by atoms with Crippen molar-refractivity contribution in [2.45, 2.75) is 13.5 Å². The lowest BCUT2D eigenvalue weighted by Crippen LogP contribution is -2.01. The Morgan fingerprint density at radius 3 is 2.94 bits per heavy atom. The first-order chi connectivity index (χ1) is 8.58. The molecular formula is C11H11FN4O2. The van der Waals surface area contributed by atoms with E-state index in [4.69, 9.17) is 0 Å². The molecule has 94 valence electrons. The Balaban J connectivity index is 2.13. The van der Waals surface area contributed by atoms with E-state index >= 15 is 0 Å². The lowest BCUT2D eigenvalue weighted by Gasteiger charge is -2.05. The van der Waals surface area contributed by atoms with E-state index in [1.54, 1.807) is 6.20 Å². The molecule has 0 aliphatic carbocycles. The molecule has 0 aliphatic rings. The van der Waals surface area contributed by atoms with E-state index in [9.17, 15) is 14.5 Å². The van der Waals surface area contributed by atoms with Crippen LogP contribution in [0, 0.1) is 22.9 Å². The number of hydrogen-bond donors (Lipinski definition) is 2. The van der Waals surface area contributed by atoms with Crippen LogP contribution in [0.3, 0.4) is 0 Å². The molecule has 1 aromatic carbocycles. The summed E-state index contributed by atoms with van der Waals surface area (Å²) in [6.45, 7) is 2.34. The fourth-order valence-corrected chi connectivity index (χ4v) is 1.51. The SMILES string of the molecule is Cc1[nH]ncc1CNc1ccc(F)c([N+](=O)[O-])c1. The molecule has 0 saturated carbocycles. The Morgan fingerprint density at radius 1 is 1.56 bits per heavy atom. The van der Waals surface area contributed by atoms with Crippen molar-refractivity contribution in [1.82, 2.24) is 10.2 Å². The molecule has 0 amide bonds. The van der Waals surface area contributed by atoms with Gasteiger partial charge in [0.15, 0.2) is 0 Å². The number of hydrogen-bond acceptors (Lipinski definition) is 4. The lowest BCUT2D eigenvalue weighted by atomic mass is 10.2. The monoisotopic (exact) mass is 250 g/mol. The average molecular weight is 250 g/mol. The van der Waals surface area contributed by atoms with Crippen LogP contribution in [-0.2, 0) is 6.54 Å². The quantitative estimate of drug-likeness (QED) is 0.644. The Labute approximate surface area is 102 Å². The summed E-state index contributed by atoms with van der Waals surface area (Å²) in [7, 11) is 0. The summed E-state index contributed by atoms with van der Waals surface area (Å²) < 4.78 is 13.1. The molecule has 0 radical (unpaired) electrons. The van der Waals surface area contributed by atoms with E-state index in [1.165, 1.54) is 12.1 Å². The Bertz CT molecular complexity index is 582. The number of halogens is 1. The number of nitrogens with one attached hydrogen (secondary N) is 2. The number of anilines is 1. The van der Waals surface area contributed by atoms with Crippen LogP contribution in [0.4, 0.5) is 15.8 Å². The van der Waals surface area contributed by atoms with Crippen LogP contribution in [0.1, 0.15) is 11.3 Å². The molecule has 2 N–H and O–H groups in total. The third kappa shape index (κ3) is 2.45. The van der Waals surface area contributed by atoms with Crippen LogP contribution >= 0.6 is 0 Å². The van der Waals surface area contributed by atoms with Crippen LogP contribution in [0.5, 0.6) is 0 Å². The van der Waals surface area contributed by atoms with Gasteiger partial charge in [-0.05, 0) is 19.1 Å². The van der Waals surface area contributed by atoms with Gasteiger partial charge in [0.2, 0.25) is 5.82 Å². The highest BCUT2D eigenvalue weighted by molar-refractivity contribution is 5.52. The molecule has 18 heavy (non-hydrogen) atoms. The number of nitro benzene ring substituents is 1. The fourth-order valence-electron chi connectivity index (χ4n) is 1.51. The van der Waals surface area contributed by atoms with E-state index in [0.29, 0.717) is 12.2 Å². The summed E-state index contributed by atoms with van der Waals surface area (Å²) in [5.74, 6) is -0.843. The summed E-state index contributed by atoms with van der Waals surface area (Å²) in [5, 5.41) is 20.2. The largest absolute Gasteiger partial charge is 0.381 e. The van der Waals surface area contributed by atoms with Crippen molar-refractivity contribution in [3.8, 4) is 0 Å². The normalized spacial score (nSPS) is 10.3. The van der Waals surface area contributed by atoms with Crippen molar-refractivity contribution in [2.24, 2.45) is 0 Å². The molecule has 1 aromatic heterocycles. The number of nitrogens with zero attached hydrogens (tertiary/aromatic N) is 2. The van der Waals surface area contributed by atoms with Crippen molar-refractivity contribution >= 4 is 11.4 Å². The van der Waals surface area contributed by atoms with Crippen molar-refractivity contribution in [3.05, 3.63) is 51.6 Å². The number of H-pyrrole nitrogens is 1. The van der Waals surface area contributed by atoms with E-state index < -0.39 is 16.4 Å². The Kier molecular flexibility index (Phi) is 3.22. The van der Waals surface area contributed by atoms with Crippen molar-refractivity contribution in [2.75, 3.05) is 5.32 Å². The van der Waals surface area contributed by atoms with Gasteiger partial charge in [-0.1, -0.05) is 0 Å². The first kappa shape index (κ1) is 12.0. The minimum atomic E-state index is -0.843. The second kappa shape index (κ2) is 4.82. The Hall–Kier alpha value is -2.44. The summed E-state index contributed by atoms with van der Waals surface area (Å²) in [6, 6.07) is 3.70. The Morgan fingerprint density at radius 2 is 2.33 bits per heavy atom. The van der Waals surface area contributed by atoms with Crippen molar-refractivity contribution < 1.29 is 9.31 Å². The number of nitro groups is 1. The summed E-state index contributed by atoms with van der Waals surface area (Å²) >= 11 is 0. The maximum atomic E-state index is 13.1. The van der Waals surface area contributed by atoms with Gasteiger partial charge in [0.05, 0.1) is 11.1 Å². The summed E-state index contributed by atoms with van der Waals surface area (Å²) in [5.41, 5.74) is 1.81. The first-order valence-corrected chi connectivity index (χ1v) is 5.24. The maximum Gasteiger partial charge on any atom is 0.306 e. The molecule has 2 aromatic rings. The van der Waals surface area contributed by atoms with Gasteiger partial charge < -0.3 is 5.32 Å². The minimum absolute atomic E-state index is 0.463. The maximum absolute atomic E-state index is 13.1. The van der Waals surface area contributed by atoms with Gasteiger partial charge in [0.25, 0.3) is 0 Å². The van der Waals surface area contributed by atoms with Gasteiger partial charge >= 0.3 is 5.69 Å². The molecule has 6 nitrogen and oxygen atoms in total. The highest BCUT2D eigenvalue weighted by atomic mass is 19.1. The van der Waals surface area contributed by atoms with Crippen LogP contribution in [0.25, 0.3) is 0 Å². The van der Waals surface area contributed by atoms with Crippen molar-refractivity contribution in [1.29, 1.82) is 0 Å². The molecule has 0 spiro atoms. The molecule has 0 saturated heterocycles. The smallest absolute Gasteiger partial charge is 0.306 e. The number of aryl methyl sites for hydroxylation is 1. The predicted molar refractivity (Wildman–Crippen MR) is 63.7 cm³/mol. The predicted octanol–water partition coefficient (Wildman–Crippen LogP) is 2.38. The minimum Gasteiger partial charge on any atom is -0.381 e. The molecule has 2 rings (SSSR count). The van der Waals surface area contributed by atoms with E-state index in [1.807, 2.05) is 6.92 Å². The molecule has 7 heteroatoms. The average Bonchev–Trinajstić information content (AvgIpc) is 2.73. The lowest BCUT2D eigenvalue weighted by molar-refractivity contribution is -0.387. The topological polar surface area (TPSA) is 83.8 Å². The molecule has 0 bridgehead atoms. The number of aromatic nitrogens is 2. The van der Waals surface area contributed by atoms with Gasteiger partial charge in [0.1, 0.15) is 0 Å². The zero-order valence-corrected chi connectivity index (χ0v) is 9.61. The van der Waals surface area contributed by atoms with Gasteiger partial charge in [-0.3, -0.25) is 15.2 Å². The first-order valence-electron chi connectivity index (χ1n) is 5.24. The summed E-state index contributed by atoms with van der Waals surface area (Å²) in [4.78, 5) is 9.84. The highest BCUT2D eigenvalue weighted by Gasteiger charge is 2.14. The molecule has 1 heterocycles. The van der Waals surface area contributed by atoms with Crippen LogP contribution in [0.2, 0.25) is 0 Å². The van der Waals surface area contributed by atoms with Crippen LogP contribution < -0.4 is 5.32 Å². The number of benzene rings is 1. The number of aromatic amines is 1. The van der Waals surface area contributed by atoms with E-state index in [-0.39, 0.29) is 0 Å². The van der Waals surface area contributed by atoms with E-state index in [2.05, 4.69) is 15.5 Å². The zero-order valence-electron chi connectivity index (χ0n) is 9.61. The fraction of sp³-hybridized carbons (Fsp3) is 0.182. The molecular weight excluding hydrogens is 239 g/mol. The van der Waals surface area contributed by atoms with Crippen molar-refractivity contribution in [3.63, 3.8) is 0 Å². The molecule has 0 unspecified atom stereocenters. The standard InChI is InChI=1S/C11H11FN4O2/c1-7-8(6-14-15-7)5-13-9-2-3-10(12)11(4-9)16(17)18/h2-4,6,13H,5H2,1H3,(H,14,15). The van der Waals surface area contributed by atoms with Crippen LogP contribution in [0.15, 0.2) is 24.4 Å². The summed E-state index contributed by atoms with van der Waals surface area (Å²) in [6.07, 6.45) is 1.67. The molecule has 0 aliphatic heterocycles. The highest BCUT2D eigenvalue weighted by Crippen LogP contribution is 2.22. The molecule has 0 fully saturated rings. The van der Waals surface area contributed by atoms with Gasteiger partial charge in [0, 0.05) is 29.6 Å². The van der Waals surface area contributed by atoms with Gasteiger partial charge in [-0.15, -0.1) is 0 Å². The number of rotatable bonds is 4. The van der Waals surface area contributed by atoms with E-state index in [0.717, 1.165) is 17.3 Å². The second-order valence-electron chi connectivity index (χ2n) is 3.80. The molecule has 0 atom stereocenters. The third-order valence-electron chi connectivity index (χ3n) is 2.56. The van der Waals surface area contributed by atoms with Gasteiger partial charge in [-0.25, -0.2) is 0 Å². The second-order valence-corrected chi connectivity index (χ2v) is 3.80. The zero-order chi connectivity index (χ0) is 13.1. The van der Waals surface area contributed by atoms with Gasteiger partial charge in [-0.2, -0.15) is 9.49 Å².